The SMILES string of the molecule is CC(C)(C)c1cc2c(cn1)Oc1ncccc1CC2. The van der Waals surface area contributed by atoms with Gasteiger partial charge in [0.1, 0.15) is 0 Å². The molecule has 0 spiro atoms. The topological polar surface area (TPSA) is 35.0 Å². The lowest BCUT2D eigenvalue weighted by Gasteiger charge is -2.19. The molecule has 2 aromatic rings. The molecule has 1 aliphatic rings. The van der Waals surface area contributed by atoms with Crippen LogP contribution in [0.15, 0.2) is 30.6 Å². The summed E-state index contributed by atoms with van der Waals surface area (Å²) in [6, 6.07) is 6.20. The van der Waals surface area contributed by atoms with Gasteiger partial charge in [-0.05, 0) is 30.5 Å². The molecule has 0 aromatic carbocycles. The summed E-state index contributed by atoms with van der Waals surface area (Å²) in [4.78, 5) is 8.82. The van der Waals surface area contributed by atoms with E-state index in [0.717, 1.165) is 29.8 Å². The van der Waals surface area contributed by atoms with Crippen molar-refractivity contribution in [1.82, 2.24) is 9.97 Å². The van der Waals surface area contributed by atoms with Crippen LogP contribution in [0.3, 0.4) is 0 Å². The zero-order valence-corrected chi connectivity index (χ0v) is 11.6. The molecule has 1 aliphatic heterocycles. The fourth-order valence-electron chi connectivity index (χ4n) is 2.26. The second-order valence-corrected chi connectivity index (χ2v) is 6.00. The van der Waals surface area contributed by atoms with E-state index in [4.69, 9.17) is 4.74 Å². The molecule has 0 fully saturated rings. The Morgan fingerprint density at radius 1 is 1.11 bits per heavy atom. The van der Waals surface area contributed by atoms with Crippen LogP contribution in [0.5, 0.6) is 11.6 Å². The second kappa shape index (κ2) is 4.34. The van der Waals surface area contributed by atoms with Gasteiger partial charge in [-0.25, -0.2) is 4.98 Å². The molecule has 0 amide bonds. The largest absolute Gasteiger partial charge is 0.437 e. The third-order valence-corrected chi connectivity index (χ3v) is 3.44. The molecule has 0 N–H and O–H groups in total. The predicted octanol–water partition coefficient (Wildman–Crippen LogP) is 3.67. The Morgan fingerprint density at radius 2 is 1.89 bits per heavy atom. The highest BCUT2D eigenvalue weighted by molar-refractivity contribution is 5.42. The van der Waals surface area contributed by atoms with Gasteiger partial charge in [-0.1, -0.05) is 26.8 Å². The van der Waals surface area contributed by atoms with Crippen molar-refractivity contribution in [3.63, 3.8) is 0 Å². The zero-order valence-electron chi connectivity index (χ0n) is 11.6. The highest BCUT2D eigenvalue weighted by Crippen LogP contribution is 2.33. The first kappa shape index (κ1) is 12.2. The lowest BCUT2D eigenvalue weighted by Crippen LogP contribution is -2.14. The normalized spacial score (nSPS) is 14.1. The average molecular weight is 254 g/mol. The zero-order chi connectivity index (χ0) is 13.5. The Morgan fingerprint density at radius 3 is 2.68 bits per heavy atom. The molecule has 0 atom stereocenters. The summed E-state index contributed by atoms with van der Waals surface area (Å²) in [5.41, 5.74) is 3.55. The number of nitrogens with zero attached hydrogens (tertiary/aromatic N) is 2. The lowest BCUT2D eigenvalue weighted by atomic mass is 9.90. The molecule has 0 radical (unpaired) electrons. The fourth-order valence-corrected chi connectivity index (χ4v) is 2.26. The van der Waals surface area contributed by atoms with Gasteiger partial charge in [0.15, 0.2) is 5.75 Å². The number of hydrogen-bond acceptors (Lipinski definition) is 3. The van der Waals surface area contributed by atoms with Crippen molar-refractivity contribution in [1.29, 1.82) is 0 Å². The molecule has 0 unspecified atom stereocenters. The van der Waals surface area contributed by atoms with Crippen LogP contribution in [-0.4, -0.2) is 9.97 Å². The summed E-state index contributed by atoms with van der Waals surface area (Å²) < 4.78 is 5.90. The molecule has 0 saturated carbocycles. The van der Waals surface area contributed by atoms with Crippen LogP contribution in [-0.2, 0) is 18.3 Å². The van der Waals surface area contributed by atoms with Crippen molar-refractivity contribution in [2.24, 2.45) is 0 Å². The van der Waals surface area contributed by atoms with Crippen LogP contribution in [0.25, 0.3) is 0 Å². The van der Waals surface area contributed by atoms with Crippen LogP contribution in [0.4, 0.5) is 0 Å². The molecule has 3 nitrogen and oxygen atoms in total. The number of ether oxygens (including phenoxy) is 1. The molecule has 0 bridgehead atoms. The Kier molecular flexibility index (Phi) is 2.77. The fraction of sp³-hybridized carbons (Fsp3) is 0.375. The maximum absolute atomic E-state index is 5.90. The van der Waals surface area contributed by atoms with E-state index in [0.29, 0.717) is 5.88 Å². The van der Waals surface area contributed by atoms with E-state index in [-0.39, 0.29) is 5.41 Å². The number of fused-ring (bicyclic) bond motifs is 2. The van der Waals surface area contributed by atoms with Gasteiger partial charge >= 0.3 is 0 Å². The van der Waals surface area contributed by atoms with Crippen LogP contribution in [0, 0.1) is 0 Å². The third kappa shape index (κ3) is 2.33. The van der Waals surface area contributed by atoms with Gasteiger partial charge in [0.25, 0.3) is 0 Å². The first-order valence-corrected chi connectivity index (χ1v) is 6.65. The predicted molar refractivity (Wildman–Crippen MR) is 74.7 cm³/mol. The molecular formula is C16H18N2O. The van der Waals surface area contributed by atoms with Crippen molar-refractivity contribution < 1.29 is 4.74 Å². The minimum atomic E-state index is 0.0619. The highest BCUT2D eigenvalue weighted by atomic mass is 16.5. The van der Waals surface area contributed by atoms with Crippen LogP contribution in [0.2, 0.25) is 0 Å². The second-order valence-electron chi connectivity index (χ2n) is 6.00. The Balaban J connectivity index is 2.02. The molecule has 19 heavy (non-hydrogen) atoms. The monoisotopic (exact) mass is 254 g/mol. The molecule has 3 heteroatoms. The van der Waals surface area contributed by atoms with Crippen molar-refractivity contribution in [3.8, 4) is 11.6 Å². The molecule has 0 saturated heterocycles. The molecule has 2 aromatic heterocycles. The van der Waals surface area contributed by atoms with Crippen LogP contribution >= 0.6 is 0 Å². The van der Waals surface area contributed by atoms with Crippen molar-refractivity contribution in [2.75, 3.05) is 0 Å². The van der Waals surface area contributed by atoms with E-state index in [2.05, 4.69) is 42.9 Å². The van der Waals surface area contributed by atoms with Gasteiger partial charge in [-0.3, -0.25) is 4.98 Å². The molecule has 3 rings (SSSR count). The summed E-state index contributed by atoms with van der Waals surface area (Å²) in [5, 5.41) is 0. The van der Waals surface area contributed by atoms with Gasteiger partial charge in [0.2, 0.25) is 5.88 Å². The minimum absolute atomic E-state index is 0.0619. The van der Waals surface area contributed by atoms with Gasteiger partial charge < -0.3 is 4.74 Å². The molecule has 98 valence electrons. The number of rotatable bonds is 0. The van der Waals surface area contributed by atoms with Crippen molar-refractivity contribution in [2.45, 2.75) is 39.0 Å². The summed E-state index contributed by atoms with van der Waals surface area (Å²) in [7, 11) is 0. The summed E-state index contributed by atoms with van der Waals surface area (Å²) >= 11 is 0. The third-order valence-electron chi connectivity index (χ3n) is 3.44. The number of aromatic nitrogens is 2. The van der Waals surface area contributed by atoms with Crippen LogP contribution in [0.1, 0.15) is 37.6 Å². The Bertz CT molecular complexity index is 614. The van der Waals surface area contributed by atoms with Crippen molar-refractivity contribution >= 4 is 0 Å². The number of hydrogen-bond donors (Lipinski definition) is 0. The number of pyridine rings is 2. The van der Waals surface area contributed by atoms with E-state index >= 15 is 0 Å². The lowest BCUT2D eigenvalue weighted by molar-refractivity contribution is 0.455. The van der Waals surface area contributed by atoms with Crippen LogP contribution < -0.4 is 4.74 Å². The number of aryl methyl sites for hydroxylation is 2. The first-order chi connectivity index (χ1) is 9.04. The molecular weight excluding hydrogens is 236 g/mol. The van der Waals surface area contributed by atoms with E-state index in [1.54, 1.807) is 6.20 Å². The van der Waals surface area contributed by atoms with E-state index < -0.39 is 0 Å². The summed E-state index contributed by atoms with van der Waals surface area (Å²) in [5.74, 6) is 1.55. The Labute approximate surface area is 113 Å². The first-order valence-electron chi connectivity index (χ1n) is 6.65. The maximum atomic E-state index is 5.90. The van der Waals surface area contributed by atoms with Gasteiger partial charge in [-0.2, -0.15) is 0 Å². The van der Waals surface area contributed by atoms with Gasteiger partial charge in [-0.15, -0.1) is 0 Å². The van der Waals surface area contributed by atoms with E-state index in [9.17, 15) is 0 Å². The average Bonchev–Trinajstić information content (AvgIpc) is 2.55. The minimum Gasteiger partial charge on any atom is -0.437 e. The molecule has 0 aliphatic carbocycles. The summed E-state index contributed by atoms with van der Waals surface area (Å²) in [6.45, 7) is 6.53. The molecule has 3 heterocycles. The quantitative estimate of drug-likeness (QED) is 0.719. The maximum Gasteiger partial charge on any atom is 0.222 e. The van der Waals surface area contributed by atoms with Crippen molar-refractivity contribution in [3.05, 3.63) is 47.4 Å². The van der Waals surface area contributed by atoms with E-state index in [1.165, 1.54) is 5.56 Å². The standard InChI is InChI=1S/C16H18N2O/c1-16(2,3)14-9-12-7-6-11-5-4-8-17-15(11)19-13(12)10-18-14/h4-5,8-10H,6-7H2,1-3H3. The highest BCUT2D eigenvalue weighted by Gasteiger charge is 2.20. The summed E-state index contributed by atoms with van der Waals surface area (Å²) in [6.07, 6.45) is 5.53. The smallest absolute Gasteiger partial charge is 0.222 e. The van der Waals surface area contributed by atoms with Gasteiger partial charge in [0.05, 0.1) is 6.20 Å². The Hall–Kier alpha value is -1.90. The van der Waals surface area contributed by atoms with Gasteiger partial charge in [0, 0.05) is 22.9 Å². The van der Waals surface area contributed by atoms with E-state index in [1.807, 2.05) is 12.3 Å².